The highest BCUT2D eigenvalue weighted by atomic mass is 35.5. The topological polar surface area (TPSA) is 49.4 Å². The summed E-state index contributed by atoms with van der Waals surface area (Å²) in [4.78, 5) is 2.28. The molecule has 0 aromatic heterocycles. The van der Waals surface area contributed by atoms with Gasteiger partial charge in [-0.2, -0.15) is 4.72 Å². The number of halogens is 2. The highest BCUT2D eigenvalue weighted by Gasteiger charge is 2.18. The van der Waals surface area contributed by atoms with Crippen molar-refractivity contribution in [3.63, 3.8) is 0 Å². The van der Waals surface area contributed by atoms with Gasteiger partial charge in [0.2, 0.25) is 10.0 Å². The lowest BCUT2D eigenvalue weighted by Gasteiger charge is -2.09. The predicted molar refractivity (Wildman–Crippen MR) is 89.8 cm³/mol. The van der Waals surface area contributed by atoms with Crippen molar-refractivity contribution < 1.29 is 8.42 Å². The quantitative estimate of drug-likeness (QED) is 0.839. The molecule has 2 rings (SSSR count). The molecule has 1 fully saturated rings. The van der Waals surface area contributed by atoms with Crippen LogP contribution in [0.3, 0.4) is 0 Å². The highest BCUT2D eigenvalue weighted by Crippen LogP contribution is 2.27. The number of rotatable bonds is 4. The van der Waals surface area contributed by atoms with E-state index in [1.54, 1.807) is 6.92 Å². The Balaban J connectivity index is 1.96. The van der Waals surface area contributed by atoms with Crippen LogP contribution < -0.4 is 4.72 Å². The van der Waals surface area contributed by atoms with E-state index in [1.807, 2.05) is 0 Å². The summed E-state index contributed by atoms with van der Waals surface area (Å²) in [6, 6.07) is 2.90. The van der Waals surface area contributed by atoms with Crippen LogP contribution >= 0.6 is 23.2 Å². The van der Waals surface area contributed by atoms with Gasteiger partial charge in [-0.05, 0) is 50.6 Å². The third-order valence-electron chi connectivity index (χ3n) is 3.48. The number of aryl methyl sites for hydroxylation is 1. The molecule has 0 atom stereocenters. The minimum Gasteiger partial charge on any atom is -0.292 e. The second-order valence-corrected chi connectivity index (χ2v) is 7.74. The largest absolute Gasteiger partial charge is 0.292 e. The third kappa shape index (κ3) is 4.61. The summed E-state index contributed by atoms with van der Waals surface area (Å²) in [7, 11) is -3.69. The molecule has 1 aliphatic rings. The monoisotopic (exact) mass is 360 g/mol. The lowest BCUT2D eigenvalue weighted by molar-refractivity contribution is 0.383. The SMILES string of the molecule is Cc1cc(S(=O)(=O)NCC#CCN2CCCC2)c(Cl)cc1Cl. The molecule has 1 heterocycles. The van der Waals surface area contributed by atoms with Gasteiger partial charge in [0, 0.05) is 5.02 Å². The molecule has 22 heavy (non-hydrogen) atoms. The number of likely N-dealkylation sites (tertiary alicyclic amines) is 1. The van der Waals surface area contributed by atoms with Crippen molar-refractivity contribution in [2.75, 3.05) is 26.2 Å². The van der Waals surface area contributed by atoms with Crippen molar-refractivity contribution in [3.05, 3.63) is 27.7 Å². The molecule has 0 unspecified atom stereocenters. The first-order valence-electron chi connectivity index (χ1n) is 7.03. The second-order valence-electron chi connectivity index (χ2n) is 5.19. The fourth-order valence-electron chi connectivity index (χ4n) is 2.22. The van der Waals surface area contributed by atoms with E-state index in [1.165, 1.54) is 25.0 Å². The Hall–Kier alpha value is -0.770. The zero-order valence-electron chi connectivity index (χ0n) is 12.3. The van der Waals surface area contributed by atoms with Gasteiger partial charge in [0.15, 0.2) is 0 Å². The van der Waals surface area contributed by atoms with Crippen LogP contribution in [0.25, 0.3) is 0 Å². The maximum Gasteiger partial charge on any atom is 0.242 e. The Morgan fingerprint density at radius 3 is 2.55 bits per heavy atom. The minimum atomic E-state index is -3.69. The molecule has 0 amide bonds. The van der Waals surface area contributed by atoms with E-state index in [4.69, 9.17) is 23.2 Å². The molecule has 1 N–H and O–H groups in total. The number of hydrogen-bond acceptors (Lipinski definition) is 3. The normalized spacial score (nSPS) is 15.6. The van der Waals surface area contributed by atoms with E-state index in [0.29, 0.717) is 17.1 Å². The number of benzene rings is 1. The van der Waals surface area contributed by atoms with Crippen molar-refractivity contribution in [1.29, 1.82) is 0 Å². The van der Waals surface area contributed by atoms with Gasteiger partial charge in [-0.1, -0.05) is 35.0 Å². The molecular weight excluding hydrogens is 343 g/mol. The zero-order chi connectivity index (χ0) is 16.2. The van der Waals surface area contributed by atoms with E-state index in [2.05, 4.69) is 21.5 Å². The molecule has 0 spiro atoms. The van der Waals surface area contributed by atoms with E-state index < -0.39 is 10.0 Å². The summed E-state index contributed by atoms with van der Waals surface area (Å²) in [6.07, 6.45) is 2.42. The lowest BCUT2D eigenvalue weighted by atomic mass is 10.2. The molecule has 7 heteroatoms. The first-order chi connectivity index (χ1) is 10.4. The van der Waals surface area contributed by atoms with Crippen LogP contribution in [0.5, 0.6) is 0 Å². The molecule has 0 saturated carbocycles. The van der Waals surface area contributed by atoms with Gasteiger partial charge in [-0.25, -0.2) is 8.42 Å². The molecular formula is C15H18Cl2N2O2S. The van der Waals surface area contributed by atoms with Crippen LogP contribution in [0.15, 0.2) is 17.0 Å². The second kappa shape index (κ2) is 7.67. The maximum atomic E-state index is 12.2. The number of hydrogen-bond donors (Lipinski definition) is 1. The Morgan fingerprint density at radius 2 is 1.86 bits per heavy atom. The van der Waals surface area contributed by atoms with Crippen LogP contribution in [-0.4, -0.2) is 39.5 Å². The maximum absolute atomic E-state index is 12.2. The molecule has 1 aromatic rings. The third-order valence-corrected chi connectivity index (χ3v) is 5.75. The first-order valence-corrected chi connectivity index (χ1v) is 9.27. The van der Waals surface area contributed by atoms with Gasteiger partial charge in [-0.15, -0.1) is 0 Å². The smallest absolute Gasteiger partial charge is 0.242 e. The van der Waals surface area contributed by atoms with Gasteiger partial charge >= 0.3 is 0 Å². The molecule has 0 radical (unpaired) electrons. The van der Waals surface area contributed by atoms with Gasteiger partial charge in [-0.3, -0.25) is 4.90 Å². The highest BCUT2D eigenvalue weighted by molar-refractivity contribution is 7.89. The number of nitrogens with zero attached hydrogens (tertiary/aromatic N) is 1. The summed E-state index contributed by atoms with van der Waals surface area (Å²) < 4.78 is 26.9. The first kappa shape index (κ1) is 17.6. The molecule has 120 valence electrons. The fourth-order valence-corrected chi connectivity index (χ4v) is 3.97. The van der Waals surface area contributed by atoms with Crippen molar-refractivity contribution in [3.8, 4) is 11.8 Å². The van der Waals surface area contributed by atoms with Crippen LogP contribution in [0, 0.1) is 18.8 Å². The fraction of sp³-hybridized carbons (Fsp3) is 0.467. The van der Waals surface area contributed by atoms with E-state index >= 15 is 0 Å². The Bertz CT molecular complexity index is 702. The van der Waals surface area contributed by atoms with Crippen LogP contribution in [0.4, 0.5) is 0 Å². The summed E-state index contributed by atoms with van der Waals surface area (Å²) in [5.74, 6) is 5.81. The van der Waals surface area contributed by atoms with Crippen molar-refractivity contribution >= 4 is 33.2 Å². The van der Waals surface area contributed by atoms with Crippen LogP contribution in [0.2, 0.25) is 10.0 Å². The standard InChI is InChI=1S/C15H18Cl2N2O2S/c1-12-10-15(14(17)11-13(12)16)22(20,21)18-6-2-3-7-19-8-4-5-9-19/h10-11,18H,4-9H2,1H3. The summed E-state index contributed by atoms with van der Waals surface area (Å²) >= 11 is 11.9. The molecule has 4 nitrogen and oxygen atoms in total. The Labute approximate surface area is 141 Å². The molecule has 1 saturated heterocycles. The average molecular weight is 361 g/mol. The van der Waals surface area contributed by atoms with Crippen LogP contribution in [0.1, 0.15) is 18.4 Å². The van der Waals surface area contributed by atoms with E-state index in [9.17, 15) is 8.42 Å². The molecule has 1 aromatic carbocycles. The number of nitrogens with one attached hydrogen (secondary N) is 1. The lowest BCUT2D eigenvalue weighted by Crippen LogP contribution is -2.25. The molecule has 1 aliphatic heterocycles. The predicted octanol–water partition coefficient (Wildman–Crippen LogP) is 2.68. The Morgan fingerprint density at radius 1 is 1.18 bits per heavy atom. The van der Waals surface area contributed by atoms with Crippen molar-refractivity contribution in [2.45, 2.75) is 24.7 Å². The van der Waals surface area contributed by atoms with E-state index in [-0.39, 0.29) is 16.5 Å². The molecule has 0 aliphatic carbocycles. The Kier molecular flexibility index (Phi) is 6.13. The van der Waals surface area contributed by atoms with Crippen LogP contribution in [-0.2, 0) is 10.0 Å². The minimum absolute atomic E-state index is 0.0254. The number of sulfonamides is 1. The molecule has 0 bridgehead atoms. The van der Waals surface area contributed by atoms with Crippen molar-refractivity contribution in [2.24, 2.45) is 0 Å². The van der Waals surface area contributed by atoms with E-state index in [0.717, 1.165) is 13.1 Å². The van der Waals surface area contributed by atoms with Gasteiger partial charge in [0.05, 0.1) is 18.1 Å². The average Bonchev–Trinajstić information content (AvgIpc) is 2.95. The zero-order valence-corrected chi connectivity index (χ0v) is 14.7. The van der Waals surface area contributed by atoms with Gasteiger partial charge in [0.25, 0.3) is 0 Å². The van der Waals surface area contributed by atoms with Gasteiger partial charge in [0.1, 0.15) is 4.90 Å². The van der Waals surface area contributed by atoms with Crippen molar-refractivity contribution in [1.82, 2.24) is 9.62 Å². The van der Waals surface area contributed by atoms with Gasteiger partial charge < -0.3 is 0 Å². The summed E-state index contributed by atoms with van der Waals surface area (Å²) in [6.45, 7) is 4.62. The summed E-state index contributed by atoms with van der Waals surface area (Å²) in [5.41, 5.74) is 0.659. The summed E-state index contributed by atoms with van der Waals surface area (Å²) in [5, 5.41) is 0.544.